The molecule has 0 saturated carbocycles. The molecule has 1 aliphatic rings. The molecule has 0 radical (unpaired) electrons. The summed E-state index contributed by atoms with van der Waals surface area (Å²) in [5.41, 5.74) is 0.0388. The van der Waals surface area contributed by atoms with Crippen molar-refractivity contribution in [2.75, 3.05) is 7.05 Å². The maximum absolute atomic E-state index is 13.9. The fourth-order valence-electron chi connectivity index (χ4n) is 1.54. The highest BCUT2D eigenvalue weighted by Gasteiger charge is 2.48. The number of benzene rings is 1. The third kappa shape index (κ3) is 1.25. The van der Waals surface area contributed by atoms with Crippen LogP contribution in [-0.2, 0) is 9.92 Å². The maximum Gasteiger partial charge on any atom is 0.288 e. The lowest BCUT2D eigenvalue weighted by Crippen LogP contribution is -2.47. The minimum atomic E-state index is -2.64. The number of nitrogens with zero attached hydrogens (tertiary/aromatic N) is 1. The van der Waals surface area contributed by atoms with Crippen LogP contribution in [0.25, 0.3) is 0 Å². The van der Waals surface area contributed by atoms with Crippen molar-refractivity contribution in [3.63, 3.8) is 0 Å². The number of hydrogen-bond donors (Lipinski definition) is 0. The zero-order valence-electron chi connectivity index (χ0n) is 7.83. The summed E-state index contributed by atoms with van der Waals surface area (Å²) in [5.74, 6) is -1.59. The van der Waals surface area contributed by atoms with Gasteiger partial charge in [-0.15, -0.1) is 0 Å². The third-order valence-corrected chi connectivity index (χ3v) is 2.74. The molecule has 1 aromatic carbocycles. The molecule has 0 aromatic heterocycles. The van der Waals surface area contributed by atoms with Crippen molar-refractivity contribution in [2.24, 2.45) is 0 Å². The SMILES string of the molecule is CN1C(=O)c2ccccc2C(F)(Cl)C1=O. The van der Waals surface area contributed by atoms with Gasteiger partial charge in [0, 0.05) is 18.2 Å². The summed E-state index contributed by atoms with van der Waals surface area (Å²) in [4.78, 5) is 23.7. The number of carbonyl (C=O) groups is 2. The number of likely N-dealkylation sites (N-methyl/N-ethyl adjacent to an activating group) is 1. The normalized spacial score (nSPS) is 25.4. The molecular formula is C10H7ClFNO2. The number of hydrogen-bond acceptors (Lipinski definition) is 2. The molecule has 2 amide bonds. The first-order valence-electron chi connectivity index (χ1n) is 4.26. The molecule has 0 N–H and O–H groups in total. The first kappa shape index (κ1) is 10.1. The molecule has 2 rings (SSSR count). The van der Waals surface area contributed by atoms with Crippen molar-refractivity contribution < 1.29 is 14.0 Å². The highest BCUT2D eigenvalue weighted by molar-refractivity contribution is 6.36. The standard InChI is InChI=1S/C10H7ClFNO2/c1-13-8(14)6-4-2-3-5-7(6)10(11,12)9(13)15/h2-5H,1H3. The molecule has 0 spiro atoms. The quantitative estimate of drug-likeness (QED) is 0.499. The largest absolute Gasteiger partial charge is 0.288 e. The van der Waals surface area contributed by atoms with Crippen LogP contribution in [0.4, 0.5) is 4.39 Å². The second-order valence-electron chi connectivity index (χ2n) is 3.29. The Kier molecular flexibility index (Phi) is 2.04. The van der Waals surface area contributed by atoms with Gasteiger partial charge >= 0.3 is 0 Å². The molecule has 3 nitrogen and oxygen atoms in total. The first-order chi connectivity index (χ1) is 6.96. The number of alkyl halides is 2. The predicted octanol–water partition coefficient (Wildman–Crippen LogP) is 1.66. The zero-order valence-corrected chi connectivity index (χ0v) is 8.58. The van der Waals surface area contributed by atoms with E-state index < -0.39 is 16.9 Å². The minimum absolute atomic E-state index is 0.0835. The van der Waals surface area contributed by atoms with Crippen LogP contribution >= 0.6 is 11.6 Å². The molecule has 1 aromatic rings. The molecule has 1 unspecified atom stereocenters. The lowest BCUT2D eigenvalue weighted by molar-refractivity contribution is -0.136. The van der Waals surface area contributed by atoms with Gasteiger partial charge in [-0.3, -0.25) is 14.5 Å². The fraction of sp³-hybridized carbons (Fsp3) is 0.200. The summed E-state index contributed by atoms with van der Waals surface area (Å²) >= 11 is 5.50. The Morgan fingerprint density at radius 2 is 1.93 bits per heavy atom. The van der Waals surface area contributed by atoms with E-state index >= 15 is 0 Å². The van der Waals surface area contributed by atoms with E-state index in [0.29, 0.717) is 4.90 Å². The predicted molar refractivity (Wildman–Crippen MR) is 52.2 cm³/mol. The first-order valence-corrected chi connectivity index (χ1v) is 4.64. The van der Waals surface area contributed by atoms with Crippen LogP contribution in [0.2, 0.25) is 0 Å². The minimum Gasteiger partial charge on any atom is -0.277 e. The van der Waals surface area contributed by atoms with E-state index in [1.165, 1.54) is 25.2 Å². The molecule has 0 saturated heterocycles. The van der Waals surface area contributed by atoms with E-state index in [1.807, 2.05) is 0 Å². The summed E-state index contributed by atoms with van der Waals surface area (Å²) in [6.07, 6.45) is 0. The van der Waals surface area contributed by atoms with Gasteiger partial charge < -0.3 is 0 Å². The molecule has 15 heavy (non-hydrogen) atoms. The topological polar surface area (TPSA) is 37.4 Å². The van der Waals surface area contributed by atoms with Gasteiger partial charge in [0.2, 0.25) is 0 Å². The zero-order chi connectivity index (χ0) is 11.2. The van der Waals surface area contributed by atoms with Gasteiger partial charge in [0.05, 0.1) is 0 Å². The van der Waals surface area contributed by atoms with Crippen molar-refractivity contribution >= 4 is 23.4 Å². The average Bonchev–Trinajstić information content (AvgIpc) is 2.24. The second kappa shape index (κ2) is 3.03. The summed E-state index contributed by atoms with van der Waals surface area (Å²) in [5, 5.41) is -2.64. The van der Waals surface area contributed by atoms with Crippen molar-refractivity contribution in [3.05, 3.63) is 35.4 Å². The average molecular weight is 228 g/mol. The summed E-state index contributed by atoms with van der Waals surface area (Å²) in [6.45, 7) is 0. The molecule has 1 heterocycles. The van der Waals surface area contributed by atoms with Crippen LogP contribution in [0.1, 0.15) is 15.9 Å². The van der Waals surface area contributed by atoms with E-state index in [4.69, 9.17) is 11.6 Å². The Morgan fingerprint density at radius 3 is 2.60 bits per heavy atom. The third-order valence-electron chi connectivity index (χ3n) is 2.37. The lowest BCUT2D eigenvalue weighted by atomic mass is 9.97. The molecule has 0 aliphatic carbocycles. The Labute approximate surface area is 90.4 Å². The van der Waals surface area contributed by atoms with Crippen LogP contribution in [0, 0.1) is 0 Å². The Hall–Kier alpha value is -1.42. The number of halogens is 2. The molecule has 1 aliphatic heterocycles. The number of imide groups is 1. The fourth-order valence-corrected chi connectivity index (χ4v) is 1.83. The van der Waals surface area contributed by atoms with E-state index in [0.717, 1.165) is 0 Å². The van der Waals surface area contributed by atoms with Crippen molar-refractivity contribution in [3.8, 4) is 0 Å². The maximum atomic E-state index is 13.9. The number of rotatable bonds is 0. The molecule has 1 atom stereocenters. The van der Waals surface area contributed by atoms with Gasteiger partial charge in [-0.25, -0.2) is 4.39 Å². The Balaban J connectivity index is 2.72. The van der Waals surface area contributed by atoms with Crippen molar-refractivity contribution in [1.29, 1.82) is 0 Å². The van der Waals surface area contributed by atoms with Gasteiger partial charge in [-0.05, 0) is 6.07 Å². The van der Waals surface area contributed by atoms with Gasteiger partial charge in [-0.1, -0.05) is 29.8 Å². The summed E-state index contributed by atoms with van der Waals surface area (Å²) in [7, 11) is 1.21. The van der Waals surface area contributed by atoms with Crippen LogP contribution in [-0.4, -0.2) is 23.8 Å². The molecule has 78 valence electrons. The summed E-state index contributed by atoms with van der Waals surface area (Å²) in [6, 6.07) is 5.90. The molecule has 0 bridgehead atoms. The van der Waals surface area contributed by atoms with E-state index in [-0.39, 0.29) is 11.1 Å². The summed E-state index contributed by atoms with van der Waals surface area (Å²) < 4.78 is 13.9. The van der Waals surface area contributed by atoms with E-state index in [1.54, 1.807) is 6.07 Å². The number of carbonyl (C=O) groups excluding carboxylic acids is 2. The highest BCUT2D eigenvalue weighted by atomic mass is 35.5. The van der Waals surface area contributed by atoms with Gasteiger partial charge in [0.1, 0.15) is 0 Å². The van der Waals surface area contributed by atoms with Crippen LogP contribution in [0.15, 0.2) is 24.3 Å². The van der Waals surface area contributed by atoms with Gasteiger partial charge in [0.25, 0.3) is 16.9 Å². The smallest absolute Gasteiger partial charge is 0.277 e. The van der Waals surface area contributed by atoms with E-state index in [2.05, 4.69) is 0 Å². The lowest BCUT2D eigenvalue weighted by Gasteiger charge is -2.30. The molecule has 5 heteroatoms. The van der Waals surface area contributed by atoms with Crippen LogP contribution < -0.4 is 0 Å². The van der Waals surface area contributed by atoms with Gasteiger partial charge in [-0.2, -0.15) is 0 Å². The van der Waals surface area contributed by atoms with Crippen molar-refractivity contribution in [2.45, 2.75) is 5.13 Å². The second-order valence-corrected chi connectivity index (χ2v) is 3.81. The van der Waals surface area contributed by atoms with Crippen molar-refractivity contribution in [1.82, 2.24) is 4.90 Å². The van der Waals surface area contributed by atoms with Gasteiger partial charge in [0.15, 0.2) is 0 Å². The van der Waals surface area contributed by atoms with Crippen LogP contribution in [0.3, 0.4) is 0 Å². The molecule has 0 fully saturated rings. The number of fused-ring (bicyclic) bond motifs is 1. The monoisotopic (exact) mass is 227 g/mol. The molecular weight excluding hydrogens is 221 g/mol. The number of amides is 2. The Bertz CT molecular complexity index is 458. The van der Waals surface area contributed by atoms with E-state index in [9.17, 15) is 14.0 Å². The highest BCUT2D eigenvalue weighted by Crippen LogP contribution is 2.38. The Morgan fingerprint density at radius 1 is 1.33 bits per heavy atom. The van der Waals surface area contributed by atoms with Crippen LogP contribution in [0.5, 0.6) is 0 Å².